The van der Waals surface area contributed by atoms with Gasteiger partial charge in [-0.15, -0.1) is 0 Å². The van der Waals surface area contributed by atoms with Crippen LogP contribution in [0.15, 0.2) is 23.4 Å². The van der Waals surface area contributed by atoms with Gasteiger partial charge in [-0.2, -0.15) is 0 Å². The number of rotatable bonds is 5. The molecule has 0 aromatic carbocycles. The Bertz CT molecular complexity index is 510. The number of hydrogen-bond acceptors (Lipinski definition) is 4. The molecule has 106 valence electrons. The zero-order valence-electron chi connectivity index (χ0n) is 11.2. The van der Waals surface area contributed by atoms with Crippen LogP contribution in [-0.4, -0.2) is 26.0 Å². The van der Waals surface area contributed by atoms with E-state index in [2.05, 4.69) is 15.0 Å². The highest BCUT2D eigenvalue weighted by Crippen LogP contribution is 2.20. The van der Waals surface area contributed by atoms with E-state index in [0.717, 1.165) is 37.9 Å². The van der Waals surface area contributed by atoms with Gasteiger partial charge >= 0.3 is 0 Å². The van der Waals surface area contributed by atoms with E-state index in [-0.39, 0.29) is 10.9 Å². The fourth-order valence-corrected chi connectivity index (χ4v) is 3.67. The number of aromatic nitrogens is 1. The Labute approximate surface area is 114 Å². The van der Waals surface area contributed by atoms with Crippen molar-refractivity contribution in [2.24, 2.45) is 0 Å². The third kappa shape index (κ3) is 3.91. The van der Waals surface area contributed by atoms with Crippen molar-refractivity contribution >= 4 is 15.7 Å². The highest BCUT2D eigenvalue weighted by molar-refractivity contribution is 7.89. The number of nitrogens with zero attached hydrogens (tertiary/aromatic N) is 1. The molecule has 1 aliphatic carbocycles. The fourth-order valence-electron chi connectivity index (χ4n) is 2.37. The first-order chi connectivity index (χ1) is 9.12. The normalized spacial score (nSPS) is 17.3. The Morgan fingerprint density at radius 1 is 1.26 bits per heavy atom. The average molecular weight is 283 g/mol. The van der Waals surface area contributed by atoms with Gasteiger partial charge in [0.05, 0.1) is 11.9 Å². The Hall–Kier alpha value is -1.14. The second kappa shape index (κ2) is 6.34. The van der Waals surface area contributed by atoms with Gasteiger partial charge in [0.2, 0.25) is 10.0 Å². The van der Waals surface area contributed by atoms with Crippen LogP contribution in [0, 0.1) is 0 Å². The molecule has 1 aromatic rings. The third-order valence-corrected chi connectivity index (χ3v) is 4.82. The maximum Gasteiger partial charge on any atom is 0.242 e. The zero-order chi connectivity index (χ0) is 13.7. The summed E-state index contributed by atoms with van der Waals surface area (Å²) in [7, 11) is -3.45. The van der Waals surface area contributed by atoms with Gasteiger partial charge in [0.25, 0.3) is 0 Å². The SMILES string of the molecule is CCNc1cncc(S(=O)(=O)NC2CCCCC2)c1. The van der Waals surface area contributed by atoms with Gasteiger partial charge in [-0.05, 0) is 25.8 Å². The van der Waals surface area contributed by atoms with Crippen molar-refractivity contribution in [3.8, 4) is 0 Å². The van der Waals surface area contributed by atoms with Crippen molar-refractivity contribution in [2.45, 2.75) is 50.0 Å². The van der Waals surface area contributed by atoms with E-state index < -0.39 is 10.0 Å². The van der Waals surface area contributed by atoms with Gasteiger partial charge < -0.3 is 5.32 Å². The molecule has 0 atom stereocenters. The minimum atomic E-state index is -3.45. The lowest BCUT2D eigenvalue weighted by Crippen LogP contribution is -2.36. The van der Waals surface area contributed by atoms with Crippen molar-refractivity contribution in [2.75, 3.05) is 11.9 Å². The van der Waals surface area contributed by atoms with Gasteiger partial charge in [0.1, 0.15) is 4.90 Å². The number of nitrogens with one attached hydrogen (secondary N) is 2. The van der Waals surface area contributed by atoms with E-state index in [1.54, 1.807) is 12.3 Å². The Balaban J connectivity index is 2.11. The molecule has 19 heavy (non-hydrogen) atoms. The predicted octanol–water partition coefficient (Wildman–Crippen LogP) is 2.12. The molecule has 0 radical (unpaired) electrons. The van der Waals surface area contributed by atoms with Crippen LogP contribution in [0.5, 0.6) is 0 Å². The van der Waals surface area contributed by atoms with Crippen LogP contribution in [0.3, 0.4) is 0 Å². The summed E-state index contributed by atoms with van der Waals surface area (Å²) in [6.07, 6.45) is 8.29. The van der Waals surface area contributed by atoms with Crippen LogP contribution >= 0.6 is 0 Å². The van der Waals surface area contributed by atoms with Gasteiger partial charge in [-0.1, -0.05) is 19.3 Å². The van der Waals surface area contributed by atoms with Crippen molar-refractivity contribution in [3.63, 3.8) is 0 Å². The molecule has 6 heteroatoms. The van der Waals surface area contributed by atoms with Crippen LogP contribution in [0.25, 0.3) is 0 Å². The molecule has 1 fully saturated rings. The number of sulfonamides is 1. The van der Waals surface area contributed by atoms with E-state index in [0.29, 0.717) is 0 Å². The molecule has 0 saturated heterocycles. The lowest BCUT2D eigenvalue weighted by Gasteiger charge is -2.22. The Morgan fingerprint density at radius 3 is 2.68 bits per heavy atom. The fraction of sp³-hybridized carbons (Fsp3) is 0.615. The number of hydrogen-bond donors (Lipinski definition) is 2. The maximum absolute atomic E-state index is 12.3. The molecule has 0 bridgehead atoms. The summed E-state index contributed by atoms with van der Waals surface area (Å²) in [5.41, 5.74) is 0.731. The summed E-state index contributed by atoms with van der Waals surface area (Å²) in [6, 6.07) is 1.70. The summed E-state index contributed by atoms with van der Waals surface area (Å²) in [4.78, 5) is 4.21. The molecule has 1 aromatic heterocycles. The molecule has 1 heterocycles. The highest BCUT2D eigenvalue weighted by Gasteiger charge is 2.22. The summed E-state index contributed by atoms with van der Waals surface area (Å²) in [5.74, 6) is 0. The van der Waals surface area contributed by atoms with Crippen molar-refractivity contribution in [1.82, 2.24) is 9.71 Å². The Kier molecular flexibility index (Phi) is 4.76. The van der Waals surface area contributed by atoms with Gasteiger partial charge in [0, 0.05) is 18.8 Å². The van der Waals surface area contributed by atoms with Crippen LogP contribution in [0.4, 0.5) is 5.69 Å². The summed E-state index contributed by atoms with van der Waals surface area (Å²) < 4.78 is 27.3. The summed E-state index contributed by atoms with van der Waals surface area (Å²) in [5, 5.41) is 3.07. The van der Waals surface area contributed by atoms with E-state index in [1.807, 2.05) is 6.92 Å². The molecule has 0 amide bonds. The first kappa shape index (κ1) is 14.3. The second-order valence-corrected chi connectivity index (χ2v) is 6.61. The predicted molar refractivity (Wildman–Crippen MR) is 75.6 cm³/mol. The standard InChI is InChI=1S/C13H21N3O2S/c1-2-15-12-8-13(10-14-9-12)19(17,18)16-11-6-4-3-5-7-11/h8-11,15-16H,2-7H2,1H3. The Morgan fingerprint density at radius 2 is 2.00 bits per heavy atom. The third-order valence-electron chi connectivity index (χ3n) is 3.33. The lowest BCUT2D eigenvalue weighted by atomic mass is 9.96. The van der Waals surface area contributed by atoms with Crippen molar-refractivity contribution in [1.29, 1.82) is 0 Å². The van der Waals surface area contributed by atoms with Crippen LogP contribution in [0.2, 0.25) is 0 Å². The van der Waals surface area contributed by atoms with Crippen LogP contribution < -0.4 is 10.0 Å². The minimum absolute atomic E-state index is 0.0709. The van der Waals surface area contributed by atoms with Gasteiger partial charge in [0.15, 0.2) is 0 Å². The molecule has 1 saturated carbocycles. The van der Waals surface area contributed by atoms with Crippen molar-refractivity contribution in [3.05, 3.63) is 18.5 Å². The average Bonchev–Trinajstić information content (AvgIpc) is 2.40. The van der Waals surface area contributed by atoms with Crippen molar-refractivity contribution < 1.29 is 8.42 Å². The molecular weight excluding hydrogens is 262 g/mol. The maximum atomic E-state index is 12.3. The number of pyridine rings is 1. The number of anilines is 1. The zero-order valence-corrected chi connectivity index (χ0v) is 12.0. The molecule has 0 spiro atoms. The summed E-state index contributed by atoms with van der Waals surface area (Å²) in [6.45, 7) is 2.70. The monoisotopic (exact) mass is 283 g/mol. The lowest BCUT2D eigenvalue weighted by molar-refractivity contribution is 0.412. The highest BCUT2D eigenvalue weighted by atomic mass is 32.2. The van der Waals surface area contributed by atoms with Gasteiger partial charge in [-0.25, -0.2) is 13.1 Å². The molecule has 2 rings (SSSR count). The molecule has 0 aliphatic heterocycles. The molecule has 1 aliphatic rings. The second-order valence-electron chi connectivity index (χ2n) is 4.90. The molecule has 5 nitrogen and oxygen atoms in total. The van der Waals surface area contributed by atoms with E-state index in [1.165, 1.54) is 12.6 Å². The quantitative estimate of drug-likeness (QED) is 0.868. The van der Waals surface area contributed by atoms with Crippen LogP contribution in [-0.2, 0) is 10.0 Å². The van der Waals surface area contributed by atoms with E-state index in [4.69, 9.17) is 0 Å². The first-order valence-electron chi connectivity index (χ1n) is 6.83. The minimum Gasteiger partial charge on any atom is -0.384 e. The van der Waals surface area contributed by atoms with Crippen LogP contribution in [0.1, 0.15) is 39.0 Å². The molecular formula is C13H21N3O2S. The molecule has 0 unspecified atom stereocenters. The molecule has 2 N–H and O–H groups in total. The van der Waals surface area contributed by atoms with E-state index in [9.17, 15) is 8.42 Å². The smallest absolute Gasteiger partial charge is 0.242 e. The van der Waals surface area contributed by atoms with E-state index >= 15 is 0 Å². The summed E-state index contributed by atoms with van der Waals surface area (Å²) >= 11 is 0. The largest absolute Gasteiger partial charge is 0.384 e. The van der Waals surface area contributed by atoms with Gasteiger partial charge in [-0.3, -0.25) is 4.98 Å². The topological polar surface area (TPSA) is 71.1 Å². The first-order valence-corrected chi connectivity index (χ1v) is 8.31.